The molecule has 0 fully saturated rings. The monoisotopic (exact) mass is 403 g/mol. The molecule has 0 aromatic rings. The number of rotatable bonds is 12. The van der Waals surface area contributed by atoms with Crippen molar-refractivity contribution in [2.45, 2.75) is 44.8 Å². The zero-order chi connectivity index (χ0) is 22.0. The Labute approximate surface area is 160 Å². The van der Waals surface area contributed by atoms with Crippen LogP contribution in [0.4, 0.5) is 0 Å². The fourth-order valence-corrected chi connectivity index (χ4v) is 2.09. The molecule has 3 atom stereocenters. The summed E-state index contributed by atoms with van der Waals surface area (Å²) in [7, 11) is 0. The molecular formula is C15H25N5O8. The van der Waals surface area contributed by atoms with Crippen molar-refractivity contribution in [2.24, 2.45) is 17.4 Å². The van der Waals surface area contributed by atoms with Crippen molar-refractivity contribution < 1.29 is 39.0 Å². The molecule has 0 saturated carbocycles. The van der Waals surface area contributed by atoms with E-state index in [9.17, 15) is 28.8 Å². The van der Waals surface area contributed by atoms with Crippen molar-refractivity contribution in [3.8, 4) is 0 Å². The van der Waals surface area contributed by atoms with Crippen LogP contribution in [0.2, 0.25) is 0 Å². The Morgan fingerprint density at radius 2 is 1.39 bits per heavy atom. The van der Waals surface area contributed by atoms with Gasteiger partial charge < -0.3 is 37.6 Å². The number of carboxylic acid groups (broad SMARTS) is 2. The molecule has 0 heterocycles. The summed E-state index contributed by atoms with van der Waals surface area (Å²) in [6, 6.07) is -4.44. The number of aliphatic carboxylic acids is 2. The topological polar surface area (TPSA) is 231 Å². The smallest absolute Gasteiger partial charge is 0.326 e. The third-order valence-electron chi connectivity index (χ3n) is 3.48. The van der Waals surface area contributed by atoms with Crippen molar-refractivity contribution in [3.63, 3.8) is 0 Å². The minimum Gasteiger partial charge on any atom is -0.481 e. The number of primary amides is 1. The molecule has 0 spiro atoms. The van der Waals surface area contributed by atoms with Gasteiger partial charge in [0.2, 0.25) is 23.6 Å². The lowest BCUT2D eigenvalue weighted by atomic mass is 10.0. The molecule has 28 heavy (non-hydrogen) atoms. The molecule has 13 heteroatoms. The van der Waals surface area contributed by atoms with E-state index in [1.165, 1.54) is 0 Å². The Balaban J connectivity index is 5.37. The lowest BCUT2D eigenvalue weighted by molar-refractivity contribution is -0.147. The second-order valence-corrected chi connectivity index (χ2v) is 6.22. The van der Waals surface area contributed by atoms with Crippen LogP contribution < -0.4 is 27.4 Å². The van der Waals surface area contributed by atoms with E-state index in [0.717, 1.165) is 0 Å². The molecule has 0 aromatic carbocycles. The van der Waals surface area contributed by atoms with E-state index in [4.69, 9.17) is 21.7 Å². The summed E-state index contributed by atoms with van der Waals surface area (Å²) in [4.78, 5) is 69.2. The molecule has 0 radical (unpaired) electrons. The van der Waals surface area contributed by atoms with E-state index < -0.39 is 72.5 Å². The first-order valence-electron chi connectivity index (χ1n) is 8.22. The fraction of sp³-hybridized carbons (Fsp3) is 0.600. The van der Waals surface area contributed by atoms with Crippen molar-refractivity contribution in [2.75, 3.05) is 6.54 Å². The van der Waals surface area contributed by atoms with Gasteiger partial charge in [0.25, 0.3) is 0 Å². The lowest BCUT2D eigenvalue weighted by Crippen LogP contribution is -2.58. The van der Waals surface area contributed by atoms with E-state index in [-0.39, 0.29) is 6.54 Å². The zero-order valence-corrected chi connectivity index (χ0v) is 15.4. The summed E-state index contributed by atoms with van der Waals surface area (Å²) in [5.41, 5.74) is 10.2. The molecule has 9 N–H and O–H groups in total. The molecule has 0 aromatic heterocycles. The van der Waals surface area contributed by atoms with Crippen LogP contribution in [0, 0.1) is 5.92 Å². The van der Waals surface area contributed by atoms with Crippen molar-refractivity contribution in [3.05, 3.63) is 0 Å². The molecule has 158 valence electrons. The minimum atomic E-state index is -1.78. The zero-order valence-electron chi connectivity index (χ0n) is 15.4. The van der Waals surface area contributed by atoms with Crippen molar-refractivity contribution >= 4 is 35.6 Å². The Kier molecular flexibility index (Phi) is 10.2. The van der Waals surface area contributed by atoms with Crippen LogP contribution in [-0.2, 0) is 28.8 Å². The maximum atomic E-state index is 12.4. The number of carbonyl (C=O) groups excluding carboxylic acids is 4. The summed E-state index contributed by atoms with van der Waals surface area (Å²) in [6.07, 6.45) is -1.59. The van der Waals surface area contributed by atoms with Gasteiger partial charge in [-0.3, -0.25) is 24.0 Å². The van der Waals surface area contributed by atoms with Gasteiger partial charge in [-0.05, 0) is 5.92 Å². The average molecular weight is 403 g/mol. The summed E-state index contributed by atoms with van der Waals surface area (Å²) < 4.78 is 0. The van der Waals surface area contributed by atoms with Gasteiger partial charge in [0.1, 0.15) is 18.1 Å². The van der Waals surface area contributed by atoms with Crippen LogP contribution in [0.5, 0.6) is 0 Å². The normalized spacial score (nSPS) is 13.7. The molecule has 0 saturated heterocycles. The number of carboxylic acids is 2. The van der Waals surface area contributed by atoms with Crippen LogP contribution >= 0.6 is 0 Å². The molecule has 0 bridgehead atoms. The standard InChI is InChI=1S/C15H25N5O8/c1-6(2)12(20-10(22)5-16)14(26)18-7(3-9(17)21)13(25)19-8(15(27)28)4-11(23)24/h6-8,12H,3-5,16H2,1-2H3,(H2,17,21)(H,18,26)(H,19,25)(H,20,22)(H,23,24)(H,27,28). The fourth-order valence-electron chi connectivity index (χ4n) is 2.09. The van der Waals surface area contributed by atoms with Crippen LogP contribution in [0.1, 0.15) is 26.7 Å². The molecular weight excluding hydrogens is 378 g/mol. The van der Waals surface area contributed by atoms with Gasteiger partial charge >= 0.3 is 11.9 Å². The average Bonchev–Trinajstić information content (AvgIpc) is 2.56. The Morgan fingerprint density at radius 3 is 1.79 bits per heavy atom. The van der Waals surface area contributed by atoms with Gasteiger partial charge in [0, 0.05) is 0 Å². The summed E-state index contributed by atoms with van der Waals surface area (Å²) >= 11 is 0. The number of hydrogen-bond donors (Lipinski definition) is 7. The van der Waals surface area contributed by atoms with E-state index >= 15 is 0 Å². The van der Waals surface area contributed by atoms with Crippen molar-refractivity contribution in [1.29, 1.82) is 0 Å². The largest absolute Gasteiger partial charge is 0.481 e. The second kappa shape index (κ2) is 11.5. The number of nitrogens with two attached hydrogens (primary N) is 2. The highest BCUT2D eigenvalue weighted by atomic mass is 16.4. The number of nitrogens with one attached hydrogen (secondary N) is 3. The van der Waals surface area contributed by atoms with E-state index in [2.05, 4.69) is 10.6 Å². The maximum absolute atomic E-state index is 12.4. The van der Waals surface area contributed by atoms with Gasteiger partial charge in [-0.15, -0.1) is 0 Å². The highest BCUT2D eigenvalue weighted by Gasteiger charge is 2.32. The van der Waals surface area contributed by atoms with Crippen LogP contribution in [0.15, 0.2) is 0 Å². The number of carbonyl (C=O) groups is 6. The summed E-state index contributed by atoms with van der Waals surface area (Å²) in [5.74, 6) is -7.05. The second-order valence-electron chi connectivity index (χ2n) is 6.22. The third kappa shape index (κ3) is 8.93. The molecule has 4 amide bonds. The van der Waals surface area contributed by atoms with E-state index in [0.29, 0.717) is 0 Å². The third-order valence-corrected chi connectivity index (χ3v) is 3.48. The minimum absolute atomic E-state index is 0.378. The Bertz CT molecular complexity index is 636. The summed E-state index contributed by atoms with van der Waals surface area (Å²) in [6.45, 7) is 2.84. The molecule has 0 aliphatic carbocycles. The van der Waals surface area contributed by atoms with Gasteiger partial charge in [-0.25, -0.2) is 4.79 Å². The molecule has 0 rings (SSSR count). The van der Waals surface area contributed by atoms with Gasteiger partial charge in [0.15, 0.2) is 0 Å². The first-order chi connectivity index (χ1) is 12.9. The molecule has 13 nitrogen and oxygen atoms in total. The van der Waals surface area contributed by atoms with E-state index in [1.54, 1.807) is 13.8 Å². The predicted molar refractivity (Wildman–Crippen MR) is 93.4 cm³/mol. The first kappa shape index (κ1) is 24.8. The Hall–Kier alpha value is -3.22. The van der Waals surface area contributed by atoms with Crippen molar-refractivity contribution in [1.82, 2.24) is 16.0 Å². The Morgan fingerprint density at radius 1 is 0.857 bits per heavy atom. The SMILES string of the molecule is CC(C)C(NC(=O)CN)C(=O)NC(CC(N)=O)C(=O)NC(CC(=O)O)C(=O)O. The molecule has 0 aliphatic heterocycles. The van der Waals surface area contributed by atoms with Crippen LogP contribution in [-0.4, -0.2) is 70.5 Å². The van der Waals surface area contributed by atoms with Crippen LogP contribution in [0.3, 0.4) is 0 Å². The summed E-state index contributed by atoms with van der Waals surface area (Å²) in [5, 5.41) is 24.2. The highest BCUT2D eigenvalue weighted by Crippen LogP contribution is 2.04. The number of hydrogen-bond acceptors (Lipinski definition) is 7. The molecule has 0 aliphatic rings. The predicted octanol–water partition coefficient (Wildman–Crippen LogP) is -3.51. The number of amides is 4. The van der Waals surface area contributed by atoms with Crippen LogP contribution in [0.25, 0.3) is 0 Å². The quantitative estimate of drug-likeness (QED) is 0.171. The lowest BCUT2D eigenvalue weighted by Gasteiger charge is -2.25. The van der Waals surface area contributed by atoms with E-state index in [1.807, 2.05) is 5.32 Å². The van der Waals surface area contributed by atoms with Gasteiger partial charge in [-0.2, -0.15) is 0 Å². The molecule has 3 unspecified atom stereocenters. The van der Waals surface area contributed by atoms with Gasteiger partial charge in [-0.1, -0.05) is 13.8 Å². The first-order valence-corrected chi connectivity index (χ1v) is 8.22. The van der Waals surface area contributed by atoms with Gasteiger partial charge in [0.05, 0.1) is 19.4 Å². The maximum Gasteiger partial charge on any atom is 0.326 e. The highest BCUT2D eigenvalue weighted by molar-refractivity contribution is 5.96.